The van der Waals surface area contributed by atoms with E-state index in [1.165, 1.54) is 18.4 Å². The molecule has 9 heavy (non-hydrogen) atoms. The van der Waals surface area contributed by atoms with Gasteiger partial charge in [-0.15, -0.1) is 0 Å². The summed E-state index contributed by atoms with van der Waals surface area (Å²) in [5.74, 6) is 1.04. The maximum Gasteiger partial charge on any atom is 0.147 e. The molecule has 0 atom stereocenters. The number of hydroxylamine groups is 1. The molecule has 1 N–H and O–H groups in total. The number of nitrogens with one attached hydrogen (secondary N) is 1. The second kappa shape index (κ2) is 1.88. The van der Waals surface area contributed by atoms with Crippen LogP contribution in [-0.4, -0.2) is 6.54 Å². The minimum Gasteiger partial charge on any atom is -0.408 e. The first-order chi connectivity index (χ1) is 4.47. The number of allylic oxidation sites excluding steroid dienone is 2. The van der Waals surface area contributed by atoms with Gasteiger partial charge in [-0.3, -0.25) is 0 Å². The lowest BCUT2D eigenvalue weighted by Crippen LogP contribution is -2.05. The standard InChI is InChI=1S/C7H9NO/c1-2-4-7-6(3-1)5-8-9-7/h2,4,8H,1,3,5H2. The van der Waals surface area contributed by atoms with Crippen molar-refractivity contribution in [3.05, 3.63) is 23.5 Å². The summed E-state index contributed by atoms with van der Waals surface area (Å²) in [4.78, 5) is 5.10. The molecule has 0 amide bonds. The van der Waals surface area contributed by atoms with Gasteiger partial charge in [-0.2, -0.15) is 5.48 Å². The van der Waals surface area contributed by atoms with Crippen molar-refractivity contribution in [2.24, 2.45) is 0 Å². The van der Waals surface area contributed by atoms with Crippen molar-refractivity contribution in [2.75, 3.05) is 6.54 Å². The quantitative estimate of drug-likeness (QED) is 0.521. The highest BCUT2D eigenvalue weighted by Crippen LogP contribution is 2.21. The Hall–Kier alpha value is -0.760. The molecular formula is C7H9NO. The summed E-state index contributed by atoms with van der Waals surface area (Å²) in [6, 6.07) is 0. The summed E-state index contributed by atoms with van der Waals surface area (Å²) in [7, 11) is 0. The van der Waals surface area contributed by atoms with Crippen LogP contribution in [0.1, 0.15) is 12.8 Å². The Bertz CT molecular complexity index is 181. The number of hydrogen-bond acceptors (Lipinski definition) is 2. The molecule has 1 heterocycles. The largest absolute Gasteiger partial charge is 0.408 e. The van der Waals surface area contributed by atoms with E-state index < -0.39 is 0 Å². The Morgan fingerprint density at radius 2 is 2.56 bits per heavy atom. The van der Waals surface area contributed by atoms with Crippen LogP contribution >= 0.6 is 0 Å². The van der Waals surface area contributed by atoms with Gasteiger partial charge in [0.15, 0.2) is 0 Å². The lowest BCUT2D eigenvalue weighted by atomic mass is 10.0. The van der Waals surface area contributed by atoms with Crippen LogP contribution < -0.4 is 5.48 Å². The average Bonchev–Trinajstić information content (AvgIpc) is 2.33. The van der Waals surface area contributed by atoms with Gasteiger partial charge < -0.3 is 4.84 Å². The van der Waals surface area contributed by atoms with Crippen molar-refractivity contribution in [2.45, 2.75) is 12.8 Å². The predicted octanol–water partition coefficient (Wildman–Crippen LogP) is 1.13. The second-order valence-corrected chi connectivity index (χ2v) is 2.33. The normalized spacial score (nSPS) is 24.0. The maximum atomic E-state index is 5.10. The van der Waals surface area contributed by atoms with Gasteiger partial charge in [-0.25, -0.2) is 0 Å². The average molecular weight is 123 g/mol. The van der Waals surface area contributed by atoms with Crippen LogP contribution in [0.4, 0.5) is 0 Å². The van der Waals surface area contributed by atoms with Gasteiger partial charge >= 0.3 is 0 Å². The van der Waals surface area contributed by atoms with E-state index in [1.807, 2.05) is 6.08 Å². The van der Waals surface area contributed by atoms with Gasteiger partial charge in [0.2, 0.25) is 0 Å². The molecule has 0 aromatic heterocycles. The highest BCUT2D eigenvalue weighted by atomic mass is 16.7. The van der Waals surface area contributed by atoms with E-state index >= 15 is 0 Å². The molecule has 0 unspecified atom stereocenters. The van der Waals surface area contributed by atoms with Crippen molar-refractivity contribution < 1.29 is 4.84 Å². The Morgan fingerprint density at radius 1 is 1.56 bits per heavy atom. The third-order valence-electron chi connectivity index (χ3n) is 1.70. The van der Waals surface area contributed by atoms with Crippen LogP contribution in [0.3, 0.4) is 0 Å². The molecule has 1 aliphatic carbocycles. The van der Waals surface area contributed by atoms with Crippen LogP contribution in [0.25, 0.3) is 0 Å². The molecule has 1 aliphatic heterocycles. The van der Waals surface area contributed by atoms with Crippen LogP contribution in [0, 0.1) is 0 Å². The molecule has 0 saturated heterocycles. The molecule has 0 aromatic rings. The molecule has 0 fully saturated rings. The van der Waals surface area contributed by atoms with Crippen molar-refractivity contribution in [3.63, 3.8) is 0 Å². The van der Waals surface area contributed by atoms with Crippen molar-refractivity contribution in [3.8, 4) is 0 Å². The maximum absolute atomic E-state index is 5.10. The first kappa shape index (κ1) is 5.06. The van der Waals surface area contributed by atoms with Crippen LogP contribution in [0.5, 0.6) is 0 Å². The van der Waals surface area contributed by atoms with E-state index in [0.717, 1.165) is 12.3 Å². The summed E-state index contributed by atoms with van der Waals surface area (Å²) in [6.07, 6.45) is 6.52. The van der Waals surface area contributed by atoms with Crippen LogP contribution in [-0.2, 0) is 4.84 Å². The highest BCUT2D eigenvalue weighted by Gasteiger charge is 2.14. The molecule has 2 nitrogen and oxygen atoms in total. The van der Waals surface area contributed by atoms with Crippen molar-refractivity contribution in [1.29, 1.82) is 0 Å². The summed E-state index contributed by atoms with van der Waals surface area (Å²) in [5, 5.41) is 0. The lowest BCUT2D eigenvalue weighted by Gasteiger charge is -2.02. The van der Waals surface area contributed by atoms with E-state index in [9.17, 15) is 0 Å². The summed E-state index contributed by atoms with van der Waals surface area (Å²) >= 11 is 0. The number of hydrogen-bond donors (Lipinski definition) is 1. The van der Waals surface area contributed by atoms with Gasteiger partial charge in [0.05, 0.1) is 6.54 Å². The summed E-state index contributed by atoms with van der Waals surface area (Å²) < 4.78 is 0. The molecule has 2 heteroatoms. The summed E-state index contributed by atoms with van der Waals surface area (Å²) in [6.45, 7) is 0.916. The Morgan fingerprint density at radius 3 is 3.44 bits per heavy atom. The minimum atomic E-state index is 0.916. The third-order valence-corrected chi connectivity index (χ3v) is 1.70. The summed E-state index contributed by atoms with van der Waals surface area (Å²) in [5.41, 5.74) is 4.25. The van der Waals surface area contributed by atoms with Crippen molar-refractivity contribution in [1.82, 2.24) is 5.48 Å². The molecule has 2 rings (SSSR count). The van der Waals surface area contributed by atoms with E-state index in [-0.39, 0.29) is 0 Å². The molecule has 0 saturated carbocycles. The number of rotatable bonds is 0. The SMILES string of the molecule is C1=CC2=C(CC1)CNO2. The zero-order chi connectivity index (χ0) is 6.10. The molecule has 0 bridgehead atoms. The molecule has 48 valence electrons. The zero-order valence-electron chi connectivity index (χ0n) is 5.18. The highest BCUT2D eigenvalue weighted by molar-refractivity contribution is 5.27. The Kier molecular flexibility index (Phi) is 1.06. The fourth-order valence-corrected chi connectivity index (χ4v) is 1.17. The van der Waals surface area contributed by atoms with E-state index in [2.05, 4.69) is 11.6 Å². The lowest BCUT2D eigenvalue weighted by molar-refractivity contribution is 0.149. The zero-order valence-corrected chi connectivity index (χ0v) is 5.18. The minimum absolute atomic E-state index is 0.916. The van der Waals surface area contributed by atoms with Gasteiger partial charge in [0, 0.05) is 0 Å². The van der Waals surface area contributed by atoms with E-state index in [4.69, 9.17) is 4.84 Å². The molecule has 2 aliphatic rings. The predicted molar refractivity (Wildman–Crippen MR) is 34.5 cm³/mol. The topological polar surface area (TPSA) is 21.3 Å². The van der Waals surface area contributed by atoms with Gasteiger partial charge in [-0.1, -0.05) is 6.08 Å². The first-order valence-corrected chi connectivity index (χ1v) is 3.25. The molecule has 0 radical (unpaired) electrons. The fourth-order valence-electron chi connectivity index (χ4n) is 1.17. The first-order valence-electron chi connectivity index (χ1n) is 3.25. The van der Waals surface area contributed by atoms with Crippen LogP contribution in [0.15, 0.2) is 23.5 Å². The second-order valence-electron chi connectivity index (χ2n) is 2.33. The Labute approximate surface area is 54.2 Å². The van der Waals surface area contributed by atoms with E-state index in [0.29, 0.717) is 0 Å². The molecule has 0 spiro atoms. The Balaban J connectivity index is 2.28. The molecule has 0 aromatic carbocycles. The monoisotopic (exact) mass is 123 g/mol. The van der Waals surface area contributed by atoms with Crippen LogP contribution in [0.2, 0.25) is 0 Å². The van der Waals surface area contributed by atoms with E-state index in [1.54, 1.807) is 0 Å². The van der Waals surface area contributed by atoms with Gasteiger partial charge in [-0.05, 0) is 24.5 Å². The van der Waals surface area contributed by atoms with Gasteiger partial charge in [0.25, 0.3) is 0 Å². The van der Waals surface area contributed by atoms with Crippen molar-refractivity contribution >= 4 is 0 Å². The fraction of sp³-hybridized carbons (Fsp3) is 0.429. The third kappa shape index (κ3) is 0.754. The van der Waals surface area contributed by atoms with Gasteiger partial charge in [0.1, 0.15) is 5.76 Å². The molecular weight excluding hydrogens is 114 g/mol. The smallest absolute Gasteiger partial charge is 0.147 e.